The Bertz CT molecular complexity index is 412. The molecular formula is C17H34N3O3P. The molecule has 7 heteroatoms. The van der Waals surface area contributed by atoms with Gasteiger partial charge in [-0.3, -0.25) is 4.79 Å². The van der Waals surface area contributed by atoms with Gasteiger partial charge in [0.2, 0.25) is 6.41 Å². The summed E-state index contributed by atoms with van der Waals surface area (Å²) in [6.45, 7) is 16.7. The molecule has 0 bridgehead atoms. The van der Waals surface area contributed by atoms with Crippen molar-refractivity contribution in [2.45, 2.75) is 91.5 Å². The zero-order valence-corrected chi connectivity index (χ0v) is 17.3. The minimum absolute atomic E-state index is 0.259. The minimum atomic E-state index is -1.30. The summed E-state index contributed by atoms with van der Waals surface area (Å²) in [5.41, 5.74) is -0.862. The maximum Gasteiger partial charge on any atom is 0.259 e. The highest BCUT2D eigenvalue weighted by Gasteiger charge is 2.36. The summed E-state index contributed by atoms with van der Waals surface area (Å²) >= 11 is 0. The van der Waals surface area contributed by atoms with Gasteiger partial charge in [0.25, 0.3) is 8.53 Å². The second-order valence-corrected chi connectivity index (χ2v) is 9.10. The lowest BCUT2D eigenvalue weighted by Crippen LogP contribution is -2.45. The third kappa shape index (κ3) is 8.94. The van der Waals surface area contributed by atoms with Gasteiger partial charge < -0.3 is 14.4 Å². The van der Waals surface area contributed by atoms with E-state index in [1.807, 2.05) is 27.7 Å². The summed E-state index contributed by atoms with van der Waals surface area (Å²) in [6.07, 6.45) is 1.70. The molecule has 0 heterocycles. The lowest BCUT2D eigenvalue weighted by molar-refractivity contribution is -0.111. The molecule has 0 radical (unpaired) electrons. The molecule has 0 aromatic heterocycles. The number of carbonyl (C=O) groups is 1. The van der Waals surface area contributed by atoms with Crippen LogP contribution >= 0.6 is 8.53 Å². The van der Waals surface area contributed by atoms with Crippen molar-refractivity contribution in [3.05, 3.63) is 0 Å². The van der Waals surface area contributed by atoms with Gasteiger partial charge in [-0.2, -0.15) is 5.26 Å². The van der Waals surface area contributed by atoms with E-state index in [2.05, 4.69) is 43.8 Å². The molecule has 0 saturated heterocycles. The second kappa shape index (κ2) is 10.3. The van der Waals surface area contributed by atoms with Gasteiger partial charge in [-0.1, -0.05) is 0 Å². The molecule has 24 heavy (non-hydrogen) atoms. The normalized spacial score (nSPS) is 14.1. The molecule has 0 aliphatic rings. The number of rotatable bonds is 12. The van der Waals surface area contributed by atoms with Crippen LogP contribution < -0.4 is 5.32 Å². The molecule has 0 fully saturated rings. The number of nitriles is 1. The van der Waals surface area contributed by atoms with Crippen LogP contribution in [-0.2, 0) is 13.8 Å². The lowest BCUT2D eigenvalue weighted by Gasteiger charge is -2.41. The third-order valence-corrected chi connectivity index (χ3v) is 5.66. The molecule has 6 nitrogen and oxygen atoms in total. The summed E-state index contributed by atoms with van der Waals surface area (Å²) in [7, 11) is -1.30. The smallest absolute Gasteiger partial charge is 0.259 e. The fraction of sp³-hybridized carbons (Fsp3) is 0.882. The molecule has 1 atom stereocenters. The van der Waals surface area contributed by atoms with Crippen LogP contribution in [0.5, 0.6) is 0 Å². The Hall–Kier alpha value is -0.730. The largest absolute Gasteiger partial charge is 0.354 e. The Labute approximate surface area is 148 Å². The highest BCUT2D eigenvalue weighted by Crippen LogP contribution is 2.50. The van der Waals surface area contributed by atoms with E-state index in [-0.39, 0.29) is 17.6 Å². The van der Waals surface area contributed by atoms with E-state index in [1.54, 1.807) is 0 Å². The Morgan fingerprint density at radius 1 is 1.21 bits per heavy atom. The molecule has 1 amide bonds. The summed E-state index contributed by atoms with van der Waals surface area (Å²) in [6, 6.07) is 2.62. The number of hydrogen-bond acceptors (Lipinski definition) is 5. The maximum absolute atomic E-state index is 10.8. The molecule has 0 rings (SSSR count). The van der Waals surface area contributed by atoms with Gasteiger partial charge in [-0.25, -0.2) is 4.67 Å². The number of nitrogens with one attached hydrogen (secondary N) is 1. The summed E-state index contributed by atoms with van der Waals surface area (Å²) in [4.78, 5) is 10.8. The molecule has 0 aliphatic heterocycles. The van der Waals surface area contributed by atoms with Crippen LogP contribution in [0.25, 0.3) is 0 Å². The van der Waals surface area contributed by atoms with Crippen LogP contribution in [0.1, 0.15) is 68.2 Å². The van der Waals surface area contributed by atoms with Gasteiger partial charge in [0.1, 0.15) is 0 Å². The zero-order valence-electron chi connectivity index (χ0n) is 16.4. The SMILES string of the molecule is CC(C)N(C(C)C)P(OCCC#N)OC(C)(C)CC(C)(C)NC=O. The molecule has 0 aromatic carbocycles. The zero-order chi connectivity index (χ0) is 19.0. The maximum atomic E-state index is 10.8. The first-order valence-corrected chi connectivity index (χ1v) is 9.57. The van der Waals surface area contributed by atoms with Gasteiger partial charge in [-0.15, -0.1) is 0 Å². The van der Waals surface area contributed by atoms with Crippen LogP contribution in [0.3, 0.4) is 0 Å². The molecule has 140 valence electrons. The van der Waals surface area contributed by atoms with Crippen LogP contribution in [0.15, 0.2) is 0 Å². The van der Waals surface area contributed by atoms with Crippen molar-refractivity contribution in [2.75, 3.05) is 6.61 Å². The molecule has 1 unspecified atom stereocenters. The predicted molar refractivity (Wildman–Crippen MR) is 98.3 cm³/mol. The Morgan fingerprint density at radius 2 is 1.75 bits per heavy atom. The van der Waals surface area contributed by atoms with Crippen LogP contribution in [0.2, 0.25) is 0 Å². The van der Waals surface area contributed by atoms with Crippen molar-refractivity contribution in [1.29, 1.82) is 5.26 Å². The number of nitrogens with zero attached hydrogens (tertiary/aromatic N) is 2. The molecule has 0 aromatic rings. The van der Waals surface area contributed by atoms with E-state index in [0.29, 0.717) is 19.4 Å². The van der Waals surface area contributed by atoms with Gasteiger partial charge in [-0.05, 0) is 61.8 Å². The van der Waals surface area contributed by atoms with E-state index in [9.17, 15) is 4.79 Å². The number of carbonyl (C=O) groups excluding carboxylic acids is 1. The third-order valence-electron chi connectivity index (χ3n) is 3.30. The molecular weight excluding hydrogens is 325 g/mol. The number of amides is 1. The van der Waals surface area contributed by atoms with E-state index in [0.717, 1.165) is 6.41 Å². The fourth-order valence-corrected chi connectivity index (χ4v) is 4.57. The van der Waals surface area contributed by atoms with Crippen LogP contribution in [0, 0.1) is 11.3 Å². The topological polar surface area (TPSA) is 74.6 Å². The van der Waals surface area contributed by atoms with Crippen molar-refractivity contribution in [2.24, 2.45) is 0 Å². The van der Waals surface area contributed by atoms with E-state index >= 15 is 0 Å². The monoisotopic (exact) mass is 359 g/mol. The van der Waals surface area contributed by atoms with Crippen molar-refractivity contribution < 1.29 is 13.8 Å². The van der Waals surface area contributed by atoms with Crippen molar-refractivity contribution in [1.82, 2.24) is 9.99 Å². The highest BCUT2D eigenvalue weighted by molar-refractivity contribution is 7.44. The first-order chi connectivity index (χ1) is 11.0. The highest BCUT2D eigenvalue weighted by atomic mass is 31.2. The summed E-state index contributed by atoms with van der Waals surface area (Å²) in [5, 5.41) is 11.6. The fourth-order valence-electron chi connectivity index (χ4n) is 2.80. The Morgan fingerprint density at radius 3 is 2.17 bits per heavy atom. The average Bonchev–Trinajstić information content (AvgIpc) is 2.35. The lowest BCUT2D eigenvalue weighted by atomic mass is 9.90. The average molecular weight is 359 g/mol. The van der Waals surface area contributed by atoms with Gasteiger partial charge in [0.15, 0.2) is 0 Å². The first-order valence-electron chi connectivity index (χ1n) is 8.44. The second-order valence-electron chi connectivity index (χ2n) is 7.72. The van der Waals surface area contributed by atoms with Crippen molar-refractivity contribution in [3.63, 3.8) is 0 Å². The molecule has 1 N–H and O–H groups in total. The molecule has 0 aliphatic carbocycles. The summed E-state index contributed by atoms with van der Waals surface area (Å²) in [5.74, 6) is 0. The van der Waals surface area contributed by atoms with Crippen molar-refractivity contribution >= 4 is 14.9 Å². The predicted octanol–water partition coefficient (Wildman–Crippen LogP) is 3.97. The van der Waals surface area contributed by atoms with Gasteiger partial charge in [0, 0.05) is 17.6 Å². The molecule has 0 saturated carbocycles. The van der Waals surface area contributed by atoms with Crippen LogP contribution in [-0.4, -0.2) is 40.9 Å². The first kappa shape index (κ1) is 23.3. The number of hydrogen-bond donors (Lipinski definition) is 1. The quantitative estimate of drug-likeness (QED) is 0.324. The summed E-state index contributed by atoms with van der Waals surface area (Å²) < 4.78 is 14.5. The van der Waals surface area contributed by atoms with Gasteiger partial charge in [0.05, 0.1) is 24.7 Å². The van der Waals surface area contributed by atoms with E-state index in [1.165, 1.54) is 0 Å². The van der Waals surface area contributed by atoms with Crippen LogP contribution in [0.4, 0.5) is 0 Å². The standard InChI is InChI=1S/C17H34N3O3P/c1-14(2)20(15(3)4)24(22-11-9-10-18)23-17(7,8)12-16(5,6)19-13-21/h13-15H,9,11-12H2,1-8H3,(H,19,21). The van der Waals surface area contributed by atoms with E-state index < -0.39 is 14.1 Å². The molecule has 0 spiro atoms. The Kier molecular flexibility index (Phi) is 9.99. The van der Waals surface area contributed by atoms with E-state index in [4.69, 9.17) is 14.3 Å². The van der Waals surface area contributed by atoms with Gasteiger partial charge >= 0.3 is 0 Å². The van der Waals surface area contributed by atoms with Crippen molar-refractivity contribution in [3.8, 4) is 6.07 Å². The Balaban J connectivity index is 5.20. The minimum Gasteiger partial charge on any atom is -0.354 e.